The zero-order valence-electron chi connectivity index (χ0n) is 18.5. The van der Waals surface area contributed by atoms with E-state index < -0.39 is 0 Å². The second-order valence-corrected chi connectivity index (χ2v) is 7.86. The summed E-state index contributed by atoms with van der Waals surface area (Å²) in [6, 6.07) is 17.8. The van der Waals surface area contributed by atoms with Crippen LogP contribution in [0, 0.1) is 13.8 Å². The Kier molecular flexibility index (Phi) is 6.80. The van der Waals surface area contributed by atoms with E-state index in [9.17, 15) is 4.79 Å². The average Bonchev–Trinajstić information content (AvgIpc) is 3.17. The normalized spacial score (nSPS) is 10.9. The summed E-state index contributed by atoms with van der Waals surface area (Å²) in [5, 5.41) is 2.96. The third-order valence-corrected chi connectivity index (χ3v) is 5.56. The molecule has 4 rings (SSSR count). The lowest BCUT2D eigenvalue weighted by Crippen LogP contribution is -2.26. The van der Waals surface area contributed by atoms with Gasteiger partial charge in [0.2, 0.25) is 0 Å². The summed E-state index contributed by atoms with van der Waals surface area (Å²) in [4.78, 5) is 21.1. The number of nitrogens with one attached hydrogen (secondary N) is 1. The van der Waals surface area contributed by atoms with Crippen LogP contribution in [-0.2, 0) is 13.0 Å². The highest BCUT2D eigenvalue weighted by Gasteiger charge is 2.11. The van der Waals surface area contributed by atoms with Crippen LogP contribution in [0.5, 0.6) is 5.75 Å². The smallest absolute Gasteiger partial charge is 0.252 e. The monoisotopic (exact) mass is 428 g/mol. The average molecular weight is 429 g/mol. The van der Waals surface area contributed by atoms with Crippen LogP contribution in [0.15, 0.2) is 67.0 Å². The van der Waals surface area contributed by atoms with Crippen LogP contribution in [-0.4, -0.2) is 33.6 Å². The van der Waals surface area contributed by atoms with Gasteiger partial charge in [0, 0.05) is 31.9 Å². The first-order valence-corrected chi connectivity index (χ1v) is 10.9. The number of para-hydroxylation sites is 2. The van der Waals surface area contributed by atoms with E-state index in [1.54, 1.807) is 24.5 Å². The van der Waals surface area contributed by atoms with Gasteiger partial charge in [-0.05, 0) is 67.8 Å². The number of imidazole rings is 1. The van der Waals surface area contributed by atoms with Crippen LogP contribution < -0.4 is 10.1 Å². The topological polar surface area (TPSA) is 69.0 Å². The molecule has 0 unspecified atom stereocenters. The van der Waals surface area contributed by atoms with Crippen molar-refractivity contribution in [2.45, 2.75) is 33.2 Å². The molecular formula is C26H28N4O2. The van der Waals surface area contributed by atoms with Crippen molar-refractivity contribution in [2.75, 3.05) is 13.2 Å². The molecule has 6 heteroatoms. The first-order chi connectivity index (χ1) is 15.6. The molecule has 4 aromatic rings. The van der Waals surface area contributed by atoms with Crippen LogP contribution in [0.2, 0.25) is 0 Å². The van der Waals surface area contributed by atoms with Crippen molar-refractivity contribution in [2.24, 2.45) is 0 Å². The van der Waals surface area contributed by atoms with Gasteiger partial charge < -0.3 is 14.6 Å². The Morgan fingerprint density at radius 1 is 1.06 bits per heavy atom. The van der Waals surface area contributed by atoms with E-state index in [4.69, 9.17) is 9.72 Å². The number of pyridine rings is 1. The first kappa shape index (κ1) is 21.6. The van der Waals surface area contributed by atoms with Gasteiger partial charge in [-0.25, -0.2) is 4.98 Å². The van der Waals surface area contributed by atoms with Gasteiger partial charge in [-0.2, -0.15) is 0 Å². The van der Waals surface area contributed by atoms with E-state index in [2.05, 4.69) is 46.9 Å². The van der Waals surface area contributed by atoms with Crippen LogP contribution in [0.4, 0.5) is 0 Å². The fourth-order valence-corrected chi connectivity index (χ4v) is 3.67. The zero-order chi connectivity index (χ0) is 22.3. The van der Waals surface area contributed by atoms with Gasteiger partial charge >= 0.3 is 0 Å². The second kappa shape index (κ2) is 10.1. The molecule has 32 heavy (non-hydrogen) atoms. The Morgan fingerprint density at radius 3 is 2.75 bits per heavy atom. The van der Waals surface area contributed by atoms with Crippen molar-refractivity contribution in [3.05, 3.63) is 89.5 Å². The van der Waals surface area contributed by atoms with Crippen LogP contribution in [0.25, 0.3) is 11.0 Å². The molecule has 0 atom stereocenters. The van der Waals surface area contributed by atoms with Gasteiger partial charge in [0.05, 0.1) is 23.2 Å². The number of rotatable bonds is 9. The number of carbonyl (C=O) groups excluding carboxylic acids is 1. The summed E-state index contributed by atoms with van der Waals surface area (Å²) >= 11 is 0. The number of aryl methyl sites for hydroxylation is 3. The Bertz CT molecular complexity index is 1200. The van der Waals surface area contributed by atoms with E-state index in [-0.39, 0.29) is 5.91 Å². The quantitative estimate of drug-likeness (QED) is 0.399. The van der Waals surface area contributed by atoms with Gasteiger partial charge in [-0.15, -0.1) is 0 Å². The molecule has 2 aromatic carbocycles. The summed E-state index contributed by atoms with van der Waals surface area (Å²) in [7, 11) is 0. The van der Waals surface area contributed by atoms with Crippen LogP contribution in [0.3, 0.4) is 0 Å². The van der Waals surface area contributed by atoms with Crippen molar-refractivity contribution in [3.63, 3.8) is 0 Å². The van der Waals surface area contributed by atoms with E-state index in [1.807, 2.05) is 24.3 Å². The highest BCUT2D eigenvalue weighted by molar-refractivity contribution is 5.93. The third kappa shape index (κ3) is 5.14. The molecule has 0 fully saturated rings. The standard InChI is InChI=1S/C26H28N4O2/c1-19-10-11-22(17-20(19)2)32-16-6-15-30-24-9-4-3-8-23(24)29-25(30)12-14-28-26(31)21-7-5-13-27-18-21/h3-5,7-11,13,17-18H,6,12,14-16H2,1-2H3,(H,28,31). The highest BCUT2D eigenvalue weighted by atomic mass is 16.5. The Labute approximate surface area is 188 Å². The van der Waals surface area contributed by atoms with E-state index in [0.29, 0.717) is 25.1 Å². The third-order valence-electron chi connectivity index (χ3n) is 5.56. The Balaban J connectivity index is 1.37. The van der Waals surface area contributed by atoms with Crippen LogP contribution in [0.1, 0.15) is 33.7 Å². The Morgan fingerprint density at radius 2 is 1.94 bits per heavy atom. The number of aromatic nitrogens is 3. The number of fused-ring (bicyclic) bond motifs is 1. The molecule has 1 amide bonds. The number of hydrogen-bond donors (Lipinski definition) is 1. The number of ether oxygens (including phenoxy) is 1. The predicted octanol–water partition coefficient (Wildman–Crippen LogP) is 4.49. The molecular weight excluding hydrogens is 400 g/mol. The van der Waals surface area contributed by atoms with Crippen molar-refractivity contribution in [1.29, 1.82) is 0 Å². The molecule has 0 saturated carbocycles. The number of benzene rings is 2. The minimum absolute atomic E-state index is 0.123. The van der Waals surface area contributed by atoms with E-state index in [1.165, 1.54) is 11.1 Å². The largest absolute Gasteiger partial charge is 0.494 e. The zero-order valence-corrected chi connectivity index (χ0v) is 18.5. The van der Waals surface area contributed by atoms with E-state index >= 15 is 0 Å². The van der Waals surface area contributed by atoms with Gasteiger partial charge in [0.15, 0.2) is 0 Å². The molecule has 0 saturated heterocycles. The van der Waals surface area contributed by atoms with Crippen molar-refractivity contribution in [3.8, 4) is 5.75 Å². The van der Waals surface area contributed by atoms with Gasteiger partial charge in [-0.1, -0.05) is 18.2 Å². The number of nitrogens with zero attached hydrogens (tertiary/aromatic N) is 3. The molecule has 6 nitrogen and oxygen atoms in total. The molecule has 0 aliphatic heterocycles. The first-order valence-electron chi connectivity index (χ1n) is 10.9. The summed E-state index contributed by atoms with van der Waals surface area (Å²) in [5.74, 6) is 1.74. The minimum atomic E-state index is -0.123. The van der Waals surface area contributed by atoms with Gasteiger partial charge in [0.1, 0.15) is 11.6 Å². The maximum absolute atomic E-state index is 12.3. The summed E-state index contributed by atoms with van der Waals surface area (Å²) in [5.41, 5.74) is 5.13. The summed E-state index contributed by atoms with van der Waals surface area (Å²) in [6.45, 7) is 6.14. The molecule has 1 N–H and O–H groups in total. The van der Waals surface area contributed by atoms with Gasteiger partial charge in [0.25, 0.3) is 5.91 Å². The van der Waals surface area contributed by atoms with Crippen molar-refractivity contribution in [1.82, 2.24) is 19.9 Å². The van der Waals surface area contributed by atoms with Crippen molar-refractivity contribution >= 4 is 16.9 Å². The number of hydrogen-bond acceptors (Lipinski definition) is 4. The Hall–Kier alpha value is -3.67. The molecule has 2 heterocycles. The molecule has 164 valence electrons. The lowest BCUT2D eigenvalue weighted by molar-refractivity contribution is 0.0953. The highest BCUT2D eigenvalue weighted by Crippen LogP contribution is 2.19. The SMILES string of the molecule is Cc1ccc(OCCCn2c(CCNC(=O)c3cccnc3)nc3ccccc32)cc1C. The molecule has 0 aliphatic carbocycles. The fraction of sp³-hybridized carbons (Fsp3) is 0.269. The molecule has 2 aromatic heterocycles. The minimum Gasteiger partial charge on any atom is -0.494 e. The molecule has 0 radical (unpaired) electrons. The van der Waals surface area contributed by atoms with Crippen LogP contribution >= 0.6 is 0 Å². The predicted molar refractivity (Wildman–Crippen MR) is 126 cm³/mol. The van der Waals surface area contributed by atoms with Crippen molar-refractivity contribution < 1.29 is 9.53 Å². The maximum Gasteiger partial charge on any atom is 0.252 e. The lowest BCUT2D eigenvalue weighted by atomic mass is 10.1. The molecule has 0 aliphatic rings. The summed E-state index contributed by atoms with van der Waals surface area (Å²) < 4.78 is 8.19. The fourth-order valence-electron chi connectivity index (χ4n) is 3.67. The second-order valence-electron chi connectivity index (χ2n) is 7.86. The summed E-state index contributed by atoms with van der Waals surface area (Å²) in [6.07, 6.45) is 4.74. The number of carbonyl (C=O) groups is 1. The number of amides is 1. The lowest BCUT2D eigenvalue weighted by Gasteiger charge is -2.12. The molecule has 0 spiro atoms. The molecule has 0 bridgehead atoms. The van der Waals surface area contributed by atoms with E-state index in [0.717, 1.165) is 35.6 Å². The maximum atomic E-state index is 12.3. The van der Waals surface area contributed by atoms with Gasteiger partial charge in [-0.3, -0.25) is 9.78 Å².